The van der Waals surface area contributed by atoms with E-state index in [2.05, 4.69) is 11.4 Å². The van der Waals surface area contributed by atoms with Crippen molar-refractivity contribution in [2.24, 2.45) is 0 Å². The van der Waals surface area contributed by atoms with Crippen molar-refractivity contribution in [2.75, 3.05) is 12.4 Å². The van der Waals surface area contributed by atoms with Crippen LogP contribution in [0.2, 0.25) is 0 Å². The van der Waals surface area contributed by atoms with E-state index >= 15 is 0 Å². The summed E-state index contributed by atoms with van der Waals surface area (Å²) in [5, 5.41) is 11.5. The van der Waals surface area contributed by atoms with E-state index in [-0.39, 0.29) is 6.10 Å². The molecule has 1 aromatic rings. The van der Waals surface area contributed by atoms with Crippen LogP contribution in [0.15, 0.2) is 24.3 Å². The molecule has 3 nitrogen and oxygen atoms in total. The van der Waals surface area contributed by atoms with E-state index in [1.54, 1.807) is 0 Å². The fraction of sp³-hybridized carbons (Fsp3) is 0.364. The number of anilines is 1. The maximum absolute atomic E-state index is 8.46. The predicted octanol–water partition coefficient (Wildman–Crippen LogP) is 2.41. The van der Waals surface area contributed by atoms with E-state index in [4.69, 9.17) is 10.00 Å². The Kier molecular flexibility index (Phi) is 3.81. The lowest BCUT2D eigenvalue weighted by Gasteiger charge is -2.11. The van der Waals surface area contributed by atoms with Crippen LogP contribution in [0.4, 0.5) is 5.69 Å². The fourth-order valence-corrected chi connectivity index (χ4v) is 1.10. The first kappa shape index (κ1) is 10.4. The van der Waals surface area contributed by atoms with Gasteiger partial charge in [-0.3, -0.25) is 0 Å². The molecule has 0 fully saturated rings. The summed E-state index contributed by atoms with van der Waals surface area (Å²) in [5.41, 5.74) is 1.05. The van der Waals surface area contributed by atoms with E-state index in [1.165, 1.54) is 0 Å². The van der Waals surface area contributed by atoms with Crippen molar-refractivity contribution in [1.82, 2.24) is 0 Å². The van der Waals surface area contributed by atoms with Gasteiger partial charge in [0, 0.05) is 12.7 Å². The Labute approximate surface area is 84.3 Å². The molecule has 74 valence electrons. The zero-order chi connectivity index (χ0) is 10.4. The van der Waals surface area contributed by atoms with E-state index in [0.29, 0.717) is 6.42 Å². The first-order valence-corrected chi connectivity index (χ1v) is 4.57. The van der Waals surface area contributed by atoms with Gasteiger partial charge in [0.25, 0.3) is 0 Å². The highest BCUT2D eigenvalue weighted by Crippen LogP contribution is 2.16. The van der Waals surface area contributed by atoms with Crippen LogP contribution in [0.25, 0.3) is 0 Å². The summed E-state index contributed by atoms with van der Waals surface area (Å²) in [6.07, 6.45) is 0.355. The molecule has 0 aliphatic carbocycles. The zero-order valence-corrected chi connectivity index (χ0v) is 8.45. The standard InChI is InChI=1S/C11H14N2O/c1-9(7-8-12)14-11-5-3-10(13-2)4-6-11/h3-6,9,13H,7H2,1-2H3. The van der Waals surface area contributed by atoms with Crippen LogP contribution >= 0.6 is 0 Å². The van der Waals surface area contributed by atoms with Gasteiger partial charge >= 0.3 is 0 Å². The first-order valence-electron chi connectivity index (χ1n) is 4.57. The predicted molar refractivity (Wildman–Crippen MR) is 56.3 cm³/mol. The zero-order valence-electron chi connectivity index (χ0n) is 8.45. The van der Waals surface area contributed by atoms with Crippen molar-refractivity contribution in [3.8, 4) is 11.8 Å². The van der Waals surface area contributed by atoms with Crippen LogP contribution in [-0.4, -0.2) is 13.2 Å². The van der Waals surface area contributed by atoms with Crippen LogP contribution in [0.5, 0.6) is 5.75 Å². The van der Waals surface area contributed by atoms with Crippen molar-refractivity contribution < 1.29 is 4.74 Å². The van der Waals surface area contributed by atoms with Crippen LogP contribution in [0, 0.1) is 11.3 Å². The molecule has 0 heterocycles. The summed E-state index contributed by atoms with van der Waals surface area (Å²) in [6, 6.07) is 9.73. The van der Waals surface area contributed by atoms with E-state index < -0.39 is 0 Å². The lowest BCUT2D eigenvalue weighted by molar-refractivity contribution is 0.227. The van der Waals surface area contributed by atoms with Gasteiger partial charge in [0.15, 0.2) is 0 Å². The molecule has 1 unspecified atom stereocenters. The van der Waals surface area contributed by atoms with Crippen molar-refractivity contribution in [3.63, 3.8) is 0 Å². The SMILES string of the molecule is CNc1ccc(OC(C)CC#N)cc1. The minimum atomic E-state index is -0.0552. The average molecular weight is 190 g/mol. The molecule has 0 spiro atoms. The number of nitriles is 1. The molecule has 0 aliphatic rings. The number of hydrogen-bond acceptors (Lipinski definition) is 3. The molecule has 1 N–H and O–H groups in total. The van der Waals surface area contributed by atoms with Gasteiger partial charge in [0.2, 0.25) is 0 Å². The molecule has 1 aromatic carbocycles. The summed E-state index contributed by atoms with van der Waals surface area (Å²) < 4.78 is 5.50. The minimum Gasteiger partial charge on any atom is -0.490 e. The highest BCUT2D eigenvalue weighted by Gasteiger charge is 2.02. The second kappa shape index (κ2) is 5.13. The Morgan fingerprint density at radius 1 is 1.43 bits per heavy atom. The topological polar surface area (TPSA) is 45.0 Å². The van der Waals surface area contributed by atoms with Crippen molar-refractivity contribution >= 4 is 5.69 Å². The van der Waals surface area contributed by atoms with E-state index in [1.807, 2.05) is 38.2 Å². The number of benzene rings is 1. The Hall–Kier alpha value is -1.69. The normalized spacial score (nSPS) is 11.5. The quantitative estimate of drug-likeness (QED) is 0.793. The van der Waals surface area contributed by atoms with Gasteiger partial charge in [0.1, 0.15) is 11.9 Å². The van der Waals surface area contributed by atoms with Crippen molar-refractivity contribution in [3.05, 3.63) is 24.3 Å². The molecule has 0 saturated carbocycles. The molecule has 3 heteroatoms. The van der Waals surface area contributed by atoms with E-state index in [0.717, 1.165) is 11.4 Å². The minimum absolute atomic E-state index is 0.0552. The molecule has 1 rings (SSSR count). The second-order valence-electron chi connectivity index (χ2n) is 3.07. The Balaban J connectivity index is 2.56. The molecule has 14 heavy (non-hydrogen) atoms. The van der Waals surface area contributed by atoms with Gasteiger partial charge in [0.05, 0.1) is 12.5 Å². The van der Waals surface area contributed by atoms with Gasteiger partial charge in [-0.1, -0.05) is 0 Å². The number of nitrogens with one attached hydrogen (secondary N) is 1. The van der Waals surface area contributed by atoms with Crippen LogP contribution in [0.3, 0.4) is 0 Å². The summed E-state index contributed by atoms with van der Waals surface area (Å²) in [5.74, 6) is 0.798. The summed E-state index contributed by atoms with van der Waals surface area (Å²) in [7, 11) is 1.87. The van der Waals surface area contributed by atoms with Crippen LogP contribution in [0.1, 0.15) is 13.3 Å². The smallest absolute Gasteiger partial charge is 0.119 e. The van der Waals surface area contributed by atoms with Crippen molar-refractivity contribution in [1.29, 1.82) is 5.26 Å². The molecular weight excluding hydrogens is 176 g/mol. The molecular formula is C11H14N2O. The molecule has 0 bridgehead atoms. The molecule has 0 amide bonds. The van der Waals surface area contributed by atoms with Gasteiger partial charge in [-0.25, -0.2) is 0 Å². The van der Waals surface area contributed by atoms with Gasteiger partial charge in [-0.2, -0.15) is 5.26 Å². The molecule has 0 saturated heterocycles. The lowest BCUT2D eigenvalue weighted by atomic mass is 10.3. The molecule has 1 atom stereocenters. The van der Waals surface area contributed by atoms with Crippen LogP contribution in [-0.2, 0) is 0 Å². The largest absolute Gasteiger partial charge is 0.490 e. The summed E-state index contributed by atoms with van der Waals surface area (Å²) in [6.45, 7) is 1.88. The average Bonchev–Trinajstić information content (AvgIpc) is 2.19. The monoisotopic (exact) mass is 190 g/mol. The number of ether oxygens (including phenoxy) is 1. The van der Waals surface area contributed by atoms with Crippen molar-refractivity contribution in [2.45, 2.75) is 19.4 Å². The Morgan fingerprint density at radius 3 is 2.57 bits per heavy atom. The second-order valence-corrected chi connectivity index (χ2v) is 3.07. The Bertz CT molecular complexity index is 313. The fourth-order valence-electron chi connectivity index (χ4n) is 1.10. The highest BCUT2D eigenvalue weighted by molar-refractivity contribution is 5.45. The summed E-state index contributed by atoms with van der Waals surface area (Å²) in [4.78, 5) is 0. The van der Waals surface area contributed by atoms with E-state index in [9.17, 15) is 0 Å². The molecule has 0 aromatic heterocycles. The Morgan fingerprint density at radius 2 is 2.07 bits per heavy atom. The molecule has 0 aliphatic heterocycles. The first-order chi connectivity index (χ1) is 6.76. The third-order valence-corrected chi connectivity index (χ3v) is 1.86. The third-order valence-electron chi connectivity index (χ3n) is 1.86. The molecule has 0 radical (unpaired) electrons. The third kappa shape index (κ3) is 2.98. The summed E-state index contributed by atoms with van der Waals surface area (Å²) >= 11 is 0. The maximum Gasteiger partial charge on any atom is 0.119 e. The van der Waals surface area contributed by atoms with Gasteiger partial charge < -0.3 is 10.1 Å². The van der Waals surface area contributed by atoms with Gasteiger partial charge in [-0.15, -0.1) is 0 Å². The van der Waals surface area contributed by atoms with Gasteiger partial charge in [-0.05, 0) is 31.2 Å². The number of hydrogen-bond donors (Lipinski definition) is 1. The maximum atomic E-state index is 8.46. The van der Waals surface area contributed by atoms with Crippen LogP contribution < -0.4 is 10.1 Å². The number of nitrogens with zero attached hydrogens (tertiary/aromatic N) is 1. The lowest BCUT2D eigenvalue weighted by Crippen LogP contribution is -2.10. The number of rotatable bonds is 4. The highest BCUT2D eigenvalue weighted by atomic mass is 16.5.